The fraction of sp³-hybridized carbons (Fsp3) is 0.381. The molecule has 0 amide bonds. The molecule has 10 heteroatoms. The first-order valence-electron chi connectivity index (χ1n) is 9.84. The highest BCUT2D eigenvalue weighted by atomic mass is 32.1. The summed E-state index contributed by atoms with van der Waals surface area (Å²) < 4.78 is 32.4. The van der Waals surface area contributed by atoms with E-state index in [4.69, 9.17) is 26.0 Å². The van der Waals surface area contributed by atoms with Crippen molar-refractivity contribution < 1.29 is 23.3 Å². The highest BCUT2D eigenvalue weighted by Gasteiger charge is 2.64. The minimum absolute atomic E-state index is 0.0344. The number of nitro benzene ring substituents is 1. The van der Waals surface area contributed by atoms with Crippen molar-refractivity contribution in [2.24, 2.45) is 0 Å². The van der Waals surface area contributed by atoms with E-state index in [0.29, 0.717) is 11.1 Å². The third kappa shape index (κ3) is 4.50. The van der Waals surface area contributed by atoms with Crippen LogP contribution < -0.4 is 5.32 Å². The number of hydrogen-bond acceptors (Lipinski definition) is 7. The van der Waals surface area contributed by atoms with Crippen LogP contribution in [0, 0.1) is 10.1 Å². The van der Waals surface area contributed by atoms with Crippen molar-refractivity contribution in [1.29, 1.82) is 0 Å². The number of benzene rings is 2. The van der Waals surface area contributed by atoms with E-state index >= 15 is 0 Å². The number of rotatable bonds is 8. The van der Waals surface area contributed by atoms with Crippen LogP contribution in [0.25, 0.3) is 0 Å². The van der Waals surface area contributed by atoms with E-state index in [-0.39, 0.29) is 10.9 Å². The number of ether oxygens (including phenoxy) is 1. The van der Waals surface area contributed by atoms with Gasteiger partial charge in [-0.15, -0.1) is 0 Å². The molecule has 0 aliphatic carbocycles. The number of non-ortho nitro benzene ring substituents is 1. The summed E-state index contributed by atoms with van der Waals surface area (Å²) >= 11 is 5.33. The van der Waals surface area contributed by atoms with Crippen LogP contribution in [0.5, 0.6) is 0 Å². The number of nitrogens with zero attached hydrogens (tertiary/aromatic N) is 1. The second kappa shape index (κ2) is 9.04. The van der Waals surface area contributed by atoms with Crippen LogP contribution in [0.3, 0.4) is 0 Å². The summed E-state index contributed by atoms with van der Waals surface area (Å²) in [5, 5.41) is 12.7. The van der Waals surface area contributed by atoms with Gasteiger partial charge in [0.1, 0.15) is 0 Å². The van der Waals surface area contributed by atoms with Crippen LogP contribution in [0.1, 0.15) is 44.9 Å². The number of nitrogens with one attached hydrogen (secondary N) is 1. The average molecular weight is 464 g/mol. The van der Waals surface area contributed by atoms with Crippen molar-refractivity contribution in [3.05, 3.63) is 75.8 Å². The van der Waals surface area contributed by atoms with E-state index in [0.717, 1.165) is 0 Å². The number of hydrogen-bond donors (Lipinski definition) is 1. The quantitative estimate of drug-likeness (QED) is 0.239. The molecular formula is C21H25N2O6PS. The maximum absolute atomic E-state index is 14.5. The molecule has 1 aliphatic heterocycles. The summed E-state index contributed by atoms with van der Waals surface area (Å²) in [5.41, 5.74) is 1.08. The van der Waals surface area contributed by atoms with Gasteiger partial charge in [-0.3, -0.25) is 14.7 Å². The molecule has 3 rings (SSSR count). The van der Waals surface area contributed by atoms with Gasteiger partial charge in [-0.2, -0.15) is 0 Å². The maximum Gasteiger partial charge on any atom is 0.365 e. The molecule has 1 N–H and O–H groups in total. The molecule has 8 nitrogen and oxygen atoms in total. The van der Waals surface area contributed by atoms with Crippen molar-refractivity contribution >= 4 is 30.7 Å². The highest BCUT2D eigenvalue weighted by Crippen LogP contribution is 2.71. The molecule has 0 bridgehead atoms. The van der Waals surface area contributed by atoms with Crippen molar-refractivity contribution in [3.63, 3.8) is 0 Å². The Balaban J connectivity index is 2.26. The van der Waals surface area contributed by atoms with Crippen LogP contribution >= 0.6 is 19.8 Å². The van der Waals surface area contributed by atoms with Gasteiger partial charge in [-0.25, -0.2) is 0 Å². The topological polar surface area (TPSA) is 99.9 Å². The van der Waals surface area contributed by atoms with E-state index < -0.39 is 36.1 Å². The minimum Gasteiger partial charge on any atom is -0.459 e. The average Bonchev–Trinajstić information content (AvgIpc) is 3.06. The lowest BCUT2D eigenvalue weighted by Gasteiger charge is -2.40. The Morgan fingerprint density at radius 3 is 2.10 bits per heavy atom. The van der Waals surface area contributed by atoms with Crippen LogP contribution in [0.4, 0.5) is 5.69 Å². The zero-order valence-electron chi connectivity index (χ0n) is 17.7. The second-order valence-corrected chi connectivity index (χ2v) is 10.2. The van der Waals surface area contributed by atoms with E-state index in [1.165, 1.54) is 12.1 Å². The highest BCUT2D eigenvalue weighted by molar-refractivity contribution is 7.80. The smallest absolute Gasteiger partial charge is 0.365 e. The van der Waals surface area contributed by atoms with Gasteiger partial charge in [0.15, 0.2) is 6.10 Å². The normalized spacial score (nSPS) is 21.2. The summed E-state index contributed by atoms with van der Waals surface area (Å²) in [6.45, 7) is 7.07. The Bertz CT molecular complexity index is 985. The molecule has 1 heterocycles. The fourth-order valence-corrected chi connectivity index (χ4v) is 6.57. The van der Waals surface area contributed by atoms with Gasteiger partial charge in [-0.05, 0) is 63.2 Å². The Morgan fingerprint density at radius 1 is 1.06 bits per heavy atom. The van der Waals surface area contributed by atoms with E-state index in [1.807, 2.05) is 18.2 Å². The van der Waals surface area contributed by atoms with E-state index in [9.17, 15) is 14.7 Å². The predicted octanol–water partition coefficient (Wildman–Crippen LogP) is 5.44. The second-order valence-electron chi connectivity index (χ2n) is 7.70. The van der Waals surface area contributed by atoms with Gasteiger partial charge in [0.05, 0.1) is 17.1 Å². The Kier molecular flexibility index (Phi) is 6.81. The van der Waals surface area contributed by atoms with Crippen molar-refractivity contribution in [2.75, 3.05) is 0 Å². The first kappa shape index (κ1) is 23.3. The largest absolute Gasteiger partial charge is 0.459 e. The van der Waals surface area contributed by atoms with Crippen molar-refractivity contribution in [3.8, 4) is 0 Å². The van der Waals surface area contributed by atoms with Crippen LogP contribution in [0.15, 0.2) is 54.6 Å². The fourth-order valence-electron chi connectivity index (χ4n) is 3.56. The molecule has 1 fully saturated rings. The Labute approximate surface area is 186 Å². The van der Waals surface area contributed by atoms with Gasteiger partial charge in [-0.1, -0.05) is 30.3 Å². The van der Waals surface area contributed by atoms with Crippen molar-refractivity contribution in [1.82, 2.24) is 5.32 Å². The van der Waals surface area contributed by atoms with Gasteiger partial charge in [0, 0.05) is 12.1 Å². The molecular weight excluding hydrogens is 439 g/mol. The summed E-state index contributed by atoms with van der Waals surface area (Å²) in [6.07, 6.45) is -1.75. The van der Waals surface area contributed by atoms with Gasteiger partial charge >= 0.3 is 7.60 Å². The monoisotopic (exact) mass is 464 g/mol. The van der Waals surface area contributed by atoms with Crippen molar-refractivity contribution in [2.45, 2.75) is 51.3 Å². The third-order valence-corrected chi connectivity index (χ3v) is 7.71. The SMILES string of the molecule is CC(C)OP(=O)(OC(C)C)[C@@]1(c2ccccc2)NC(=S)O[C@@H]1c1ccc([N+](=O)[O-])cc1. The van der Waals surface area contributed by atoms with Crippen LogP contribution in [-0.4, -0.2) is 22.3 Å². The Morgan fingerprint density at radius 2 is 1.61 bits per heavy atom. The standard InChI is InChI=1S/C21H25N2O6PS/c1-14(2)28-30(26,29-15(3)4)21(17-8-6-5-7-9-17)19(27-20(31)22-21)16-10-12-18(13-11-16)23(24)25/h5-15,19H,1-4H3,(H,22,31)/t19-,21-/m1/s1. The first-order valence-corrected chi connectivity index (χ1v) is 11.8. The third-order valence-electron chi connectivity index (χ3n) is 4.65. The molecule has 0 saturated carbocycles. The summed E-state index contributed by atoms with van der Waals surface area (Å²) in [5.74, 6) is 0. The zero-order chi connectivity index (χ0) is 22.8. The van der Waals surface area contributed by atoms with Crippen LogP contribution in [0.2, 0.25) is 0 Å². The molecule has 2 aromatic rings. The molecule has 1 aliphatic rings. The number of nitro groups is 1. The lowest BCUT2D eigenvalue weighted by Crippen LogP contribution is -2.44. The molecule has 0 aromatic heterocycles. The predicted molar refractivity (Wildman–Crippen MR) is 121 cm³/mol. The number of thiocarbonyl (C=S) groups is 1. The summed E-state index contributed by atoms with van der Waals surface area (Å²) in [7, 11) is -3.98. The first-order chi connectivity index (χ1) is 14.6. The lowest BCUT2D eigenvalue weighted by atomic mass is 9.95. The molecule has 166 valence electrons. The molecule has 0 unspecified atom stereocenters. The molecule has 0 radical (unpaired) electrons. The molecule has 2 aromatic carbocycles. The van der Waals surface area contributed by atoms with Gasteiger partial charge in [0.25, 0.3) is 10.9 Å². The molecule has 0 spiro atoms. The summed E-state index contributed by atoms with van der Waals surface area (Å²) in [6, 6.07) is 14.9. The summed E-state index contributed by atoms with van der Waals surface area (Å²) in [4.78, 5) is 10.6. The molecule has 2 atom stereocenters. The van der Waals surface area contributed by atoms with E-state index in [1.54, 1.807) is 52.0 Å². The minimum atomic E-state index is -3.98. The van der Waals surface area contributed by atoms with Gasteiger partial charge in [0.2, 0.25) is 5.28 Å². The zero-order valence-corrected chi connectivity index (χ0v) is 19.4. The Hall–Kier alpha value is -2.32. The molecule has 1 saturated heterocycles. The van der Waals surface area contributed by atoms with E-state index in [2.05, 4.69) is 5.32 Å². The molecule has 31 heavy (non-hydrogen) atoms. The maximum atomic E-state index is 14.5. The van der Waals surface area contributed by atoms with Gasteiger partial charge < -0.3 is 19.1 Å². The lowest BCUT2D eigenvalue weighted by molar-refractivity contribution is -0.384. The van der Waals surface area contributed by atoms with Crippen LogP contribution in [-0.2, 0) is 23.6 Å².